The van der Waals surface area contributed by atoms with E-state index in [-0.39, 0.29) is 0 Å². The van der Waals surface area contributed by atoms with Crippen molar-refractivity contribution in [3.05, 3.63) is 0 Å². The Kier molecular flexibility index (Phi) is 4.58. The fraction of sp³-hybridized carbons (Fsp3) is 1.00. The highest BCUT2D eigenvalue weighted by atomic mass is 32.2. The van der Waals surface area contributed by atoms with Crippen LogP contribution in [-0.2, 0) is 0 Å². The summed E-state index contributed by atoms with van der Waals surface area (Å²) in [4.78, 5) is 0. The van der Waals surface area contributed by atoms with Crippen molar-refractivity contribution in [1.82, 2.24) is 0 Å². The first-order valence-electron chi connectivity index (χ1n) is 5.53. The maximum Gasteiger partial charge on any atom is -0.00109 e. The molecule has 0 unspecified atom stereocenters. The number of hydrogen-bond donors (Lipinski definition) is 0. The quantitative estimate of drug-likeness (QED) is 0.650. The average Bonchev–Trinajstić information content (AvgIpc) is 1.80. The molecule has 0 heterocycles. The highest BCUT2D eigenvalue weighted by molar-refractivity contribution is 7.99. The third-order valence-corrected chi connectivity index (χ3v) is 5.02. The Morgan fingerprint density at radius 3 is 1.43 bits per heavy atom. The summed E-state index contributed by atoms with van der Waals surface area (Å²) < 4.78 is 0. The number of rotatable bonds is 3. The van der Waals surface area contributed by atoms with Crippen LogP contribution in [0.1, 0.15) is 55.4 Å². The lowest BCUT2D eigenvalue weighted by Crippen LogP contribution is -2.32. The second-order valence-electron chi connectivity index (χ2n) is 7.19. The maximum atomic E-state index is 2.38. The van der Waals surface area contributed by atoms with Crippen LogP contribution in [0.15, 0.2) is 0 Å². The van der Waals surface area contributed by atoms with E-state index < -0.39 is 0 Å². The topological polar surface area (TPSA) is 0 Å². The van der Waals surface area contributed by atoms with Crippen LogP contribution in [0.3, 0.4) is 0 Å². The smallest absolute Gasteiger partial charge is 0.00109 e. The van der Waals surface area contributed by atoms with Crippen molar-refractivity contribution in [3.63, 3.8) is 0 Å². The van der Waals surface area contributed by atoms with Gasteiger partial charge in [0.1, 0.15) is 0 Å². The van der Waals surface area contributed by atoms with Gasteiger partial charge < -0.3 is 0 Å². The van der Waals surface area contributed by atoms with Crippen LogP contribution in [0.25, 0.3) is 0 Å². The van der Waals surface area contributed by atoms with E-state index in [1.807, 2.05) is 0 Å². The average molecular weight is 216 g/mol. The molecular weight excluding hydrogens is 188 g/mol. The van der Waals surface area contributed by atoms with Gasteiger partial charge in [0.15, 0.2) is 0 Å². The van der Waals surface area contributed by atoms with Crippen molar-refractivity contribution in [1.29, 1.82) is 0 Å². The van der Waals surface area contributed by atoms with E-state index in [4.69, 9.17) is 0 Å². The molecule has 1 heteroatoms. The van der Waals surface area contributed by atoms with Crippen LogP contribution in [0, 0.1) is 16.2 Å². The van der Waals surface area contributed by atoms with E-state index in [2.05, 4.69) is 67.2 Å². The third-order valence-electron chi connectivity index (χ3n) is 3.03. The van der Waals surface area contributed by atoms with Crippen LogP contribution in [0.5, 0.6) is 0 Å². The molecule has 0 bridgehead atoms. The van der Waals surface area contributed by atoms with Crippen molar-refractivity contribution in [2.24, 2.45) is 16.2 Å². The Balaban J connectivity index is 4.02. The fourth-order valence-corrected chi connectivity index (χ4v) is 2.49. The van der Waals surface area contributed by atoms with Crippen LogP contribution in [0.2, 0.25) is 0 Å². The molecule has 0 atom stereocenters. The third kappa shape index (κ3) is 5.29. The lowest BCUT2D eigenvalue weighted by molar-refractivity contribution is 0.162. The van der Waals surface area contributed by atoms with Crippen LogP contribution >= 0.6 is 11.8 Å². The van der Waals surface area contributed by atoms with Crippen molar-refractivity contribution in [2.45, 2.75) is 55.4 Å². The van der Waals surface area contributed by atoms with E-state index in [1.54, 1.807) is 0 Å². The van der Waals surface area contributed by atoms with Gasteiger partial charge in [-0.25, -0.2) is 0 Å². The minimum Gasteiger partial charge on any atom is -0.161 e. The van der Waals surface area contributed by atoms with Crippen molar-refractivity contribution in [2.75, 3.05) is 11.5 Å². The van der Waals surface area contributed by atoms with Gasteiger partial charge in [0, 0.05) is 0 Å². The van der Waals surface area contributed by atoms with Gasteiger partial charge in [-0.2, -0.15) is 11.8 Å². The van der Waals surface area contributed by atoms with Gasteiger partial charge in [-0.3, -0.25) is 0 Å². The Hall–Kier alpha value is 0.350. The Bertz CT molecular complexity index is 167. The first-order valence-corrected chi connectivity index (χ1v) is 6.69. The lowest BCUT2D eigenvalue weighted by Gasteiger charge is -2.39. The molecule has 0 saturated carbocycles. The number of thioether (sulfide) groups is 1. The van der Waals surface area contributed by atoms with E-state index in [0.717, 1.165) is 0 Å². The Morgan fingerprint density at radius 1 is 0.714 bits per heavy atom. The number of hydrogen-bond acceptors (Lipinski definition) is 1. The summed E-state index contributed by atoms with van der Waals surface area (Å²) in [5, 5.41) is 0. The summed E-state index contributed by atoms with van der Waals surface area (Å²) in [6.07, 6.45) is 0. The van der Waals surface area contributed by atoms with Crippen LogP contribution < -0.4 is 0 Å². The molecule has 0 fully saturated rings. The summed E-state index contributed by atoms with van der Waals surface area (Å²) in [6, 6.07) is 0. The van der Waals surface area contributed by atoms with Gasteiger partial charge in [0.2, 0.25) is 0 Å². The van der Waals surface area contributed by atoms with Crippen molar-refractivity contribution < 1.29 is 0 Å². The van der Waals surface area contributed by atoms with E-state index in [0.29, 0.717) is 16.2 Å². The molecule has 0 aromatic carbocycles. The fourth-order valence-electron chi connectivity index (χ4n) is 0.829. The SMILES string of the molecule is CC(C)(C)CSCC(C)(C)C(C)(C)C. The highest BCUT2D eigenvalue weighted by Gasteiger charge is 2.32. The van der Waals surface area contributed by atoms with E-state index in [9.17, 15) is 0 Å². The standard InChI is InChI=1S/C13H28S/c1-11(2,3)9-14-10-13(7,8)12(4,5)6/h9-10H2,1-8H3. The first kappa shape index (κ1) is 14.3. The van der Waals surface area contributed by atoms with E-state index >= 15 is 0 Å². The molecule has 0 N–H and O–H groups in total. The normalized spacial score (nSPS) is 14.6. The first-order chi connectivity index (χ1) is 5.96. The summed E-state index contributed by atoms with van der Waals surface area (Å²) in [7, 11) is 0. The molecule has 0 aliphatic heterocycles. The zero-order valence-corrected chi connectivity index (χ0v) is 12.1. The van der Waals surface area contributed by atoms with Gasteiger partial charge >= 0.3 is 0 Å². The van der Waals surface area contributed by atoms with Gasteiger partial charge in [0.05, 0.1) is 0 Å². The minimum absolute atomic E-state index is 0.401. The minimum atomic E-state index is 0.401. The van der Waals surface area contributed by atoms with Gasteiger partial charge in [-0.15, -0.1) is 0 Å². The van der Waals surface area contributed by atoms with Gasteiger partial charge in [-0.05, 0) is 27.8 Å². The summed E-state index contributed by atoms with van der Waals surface area (Å²) in [5.41, 5.74) is 1.28. The Labute approximate surface area is 95.2 Å². The molecule has 0 aromatic rings. The van der Waals surface area contributed by atoms with Gasteiger partial charge in [-0.1, -0.05) is 55.4 Å². The molecule has 0 aliphatic rings. The van der Waals surface area contributed by atoms with Gasteiger partial charge in [0.25, 0.3) is 0 Å². The van der Waals surface area contributed by atoms with Crippen LogP contribution in [-0.4, -0.2) is 11.5 Å². The van der Waals surface area contributed by atoms with Crippen molar-refractivity contribution >= 4 is 11.8 Å². The lowest BCUT2D eigenvalue weighted by atomic mass is 9.71. The highest BCUT2D eigenvalue weighted by Crippen LogP contribution is 2.41. The molecule has 0 aromatic heterocycles. The molecular formula is C13H28S. The largest absolute Gasteiger partial charge is 0.161 e. The molecule has 86 valence electrons. The molecule has 14 heavy (non-hydrogen) atoms. The second kappa shape index (κ2) is 4.47. The molecule has 0 amide bonds. The zero-order valence-electron chi connectivity index (χ0n) is 11.3. The predicted molar refractivity (Wildman–Crippen MR) is 70.0 cm³/mol. The molecule has 0 spiro atoms. The molecule has 0 saturated heterocycles. The summed E-state index contributed by atoms with van der Waals surface area (Å²) >= 11 is 2.09. The van der Waals surface area contributed by atoms with Crippen LogP contribution in [0.4, 0.5) is 0 Å². The monoisotopic (exact) mass is 216 g/mol. The zero-order chi connectivity index (χ0) is 11.6. The molecule has 0 radical (unpaired) electrons. The molecule has 0 aliphatic carbocycles. The molecule has 0 rings (SSSR count). The predicted octanol–water partition coefficient (Wildman–Crippen LogP) is 4.84. The maximum absolute atomic E-state index is 2.38. The second-order valence-corrected chi connectivity index (χ2v) is 8.17. The van der Waals surface area contributed by atoms with E-state index in [1.165, 1.54) is 11.5 Å². The summed E-state index contributed by atoms with van der Waals surface area (Å²) in [6.45, 7) is 18.7. The van der Waals surface area contributed by atoms with Crippen molar-refractivity contribution in [3.8, 4) is 0 Å². The Morgan fingerprint density at radius 2 is 1.14 bits per heavy atom. The molecule has 0 nitrogen and oxygen atoms in total. The summed E-state index contributed by atoms with van der Waals surface area (Å²) in [5.74, 6) is 2.51.